The number of hydrogen-bond acceptors (Lipinski definition) is 5. The number of carbonyl (C=O) groups is 2. The third kappa shape index (κ3) is 5.17. The lowest BCUT2D eigenvalue weighted by Crippen LogP contribution is -2.49. The average molecular weight is 467 g/mol. The number of nitrogens with zero attached hydrogens (tertiary/aromatic N) is 3. The minimum Gasteiger partial charge on any atom is -0.496 e. The normalized spacial score (nSPS) is 17.4. The van der Waals surface area contributed by atoms with Gasteiger partial charge in [-0.1, -0.05) is 37.5 Å². The summed E-state index contributed by atoms with van der Waals surface area (Å²) in [6.45, 7) is 3.21. The fraction of sp³-hybridized carbons (Fsp3) is 0.500. The van der Waals surface area contributed by atoms with Gasteiger partial charge in [0.15, 0.2) is 0 Å². The van der Waals surface area contributed by atoms with Gasteiger partial charge < -0.3 is 19.5 Å². The Morgan fingerprint density at radius 2 is 1.68 bits per heavy atom. The molecule has 2 aromatic rings. The second-order valence-corrected chi connectivity index (χ2v) is 9.11. The number of hydrogen-bond donors (Lipinski definition) is 1. The molecule has 1 aromatic carbocycles. The van der Waals surface area contributed by atoms with Crippen molar-refractivity contribution < 1.29 is 14.3 Å². The number of aromatic nitrogens is 1. The molecule has 1 saturated heterocycles. The smallest absolute Gasteiger partial charge is 0.259 e. The molecule has 2 aliphatic rings. The van der Waals surface area contributed by atoms with E-state index in [1.165, 1.54) is 13.5 Å². The number of methoxy groups -OCH3 is 1. The first-order chi connectivity index (χ1) is 16.5. The number of benzene rings is 1. The lowest BCUT2D eigenvalue weighted by molar-refractivity contribution is 0.0625. The van der Waals surface area contributed by atoms with E-state index in [1.807, 2.05) is 28.8 Å². The Morgan fingerprint density at radius 1 is 1.00 bits per heavy atom. The molecule has 8 heteroatoms. The van der Waals surface area contributed by atoms with Crippen molar-refractivity contribution in [2.75, 3.05) is 40.3 Å². The Hall–Kier alpha value is -3.13. The third-order valence-electron chi connectivity index (χ3n) is 6.99. The molecular weight excluding hydrogens is 432 g/mol. The van der Waals surface area contributed by atoms with Gasteiger partial charge in [-0.25, -0.2) is 0 Å². The van der Waals surface area contributed by atoms with Crippen LogP contribution in [0, 0.1) is 0 Å². The Labute approximate surface area is 200 Å². The van der Waals surface area contributed by atoms with Crippen LogP contribution in [-0.2, 0) is 6.54 Å². The highest BCUT2D eigenvalue weighted by Crippen LogP contribution is 2.28. The van der Waals surface area contributed by atoms with Crippen LogP contribution >= 0.6 is 0 Å². The fourth-order valence-corrected chi connectivity index (χ4v) is 4.99. The van der Waals surface area contributed by atoms with E-state index in [0.717, 1.165) is 43.5 Å². The van der Waals surface area contributed by atoms with Gasteiger partial charge in [0.25, 0.3) is 11.8 Å². The van der Waals surface area contributed by atoms with Crippen LogP contribution in [0.5, 0.6) is 5.75 Å². The zero-order valence-corrected chi connectivity index (χ0v) is 20.1. The zero-order chi connectivity index (χ0) is 24.1. The summed E-state index contributed by atoms with van der Waals surface area (Å²) in [6, 6.07) is 8.16. The lowest BCUT2D eigenvalue weighted by Gasteiger charge is -2.35. The summed E-state index contributed by atoms with van der Waals surface area (Å²) in [7, 11) is 3.17. The molecule has 1 aliphatic heterocycles. The van der Waals surface area contributed by atoms with Crippen molar-refractivity contribution in [2.45, 2.75) is 44.7 Å². The highest BCUT2D eigenvalue weighted by atomic mass is 16.5. The van der Waals surface area contributed by atoms with Crippen molar-refractivity contribution in [3.05, 3.63) is 63.6 Å². The largest absolute Gasteiger partial charge is 0.496 e. The van der Waals surface area contributed by atoms with Crippen LogP contribution in [0.25, 0.3) is 0 Å². The molecule has 0 atom stereocenters. The van der Waals surface area contributed by atoms with Crippen molar-refractivity contribution in [3.63, 3.8) is 0 Å². The summed E-state index contributed by atoms with van der Waals surface area (Å²) in [5.41, 5.74) is 0.741. The molecule has 2 amide bonds. The minimum atomic E-state index is -0.493. The lowest BCUT2D eigenvalue weighted by atomic mass is 9.95. The van der Waals surface area contributed by atoms with Gasteiger partial charge in [0.1, 0.15) is 16.9 Å². The zero-order valence-electron chi connectivity index (χ0n) is 20.1. The summed E-state index contributed by atoms with van der Waals surface area (Å²) in [4.78, 5) is 43.0. The van der Waals surface area contributed by atoms with Gasteiger partial charge in [0.2, 0.25) is 5.43 Å². The molecular formula is C26H34N4O4. The molecule has 1 saturated carbocycles. The highest BCUT2D eigenvalue weighted by molar-refractivity contribution is 5.99. The van der Waals surface area contributed by atoms with E-state index < -0.39 is 11.3 Å². The fourth-order valence-electron chi connectivity index (χ4n) is 4.99. The van der Waals surface area contributed by atoms with E-state index in [0.29, 0.717) is 26.2 Å². The van der Waals surface area contributed by atoms with Gasteiger partial charge in [-0.15, -0.1) is 0 Å². The van der Waals surface area contributed by atoms with Gasteiger partial charge in [0, 0.05) is 63.8 Å². The summed E-state index contributed by atoms with van der Waals surface area (Å²) in [5, 5.41) is 2.54. The maximum atomic E-state index is 13.4. The molecule has 34 heavy (non-hydrogen) atoms. The molecule has 1 aromatic heterocycles. The molecule has 0 bridgehead atoms. The highest BCUT2D eigenvalue weighted by Gasteiger charge is 2.28. The molecule has 2 fully saturated rings. The monoisotopic (exact) mass is 466 g/mol. The molecule has 182 valence electrons. The standard InChI is InChI=1S/C26H34N4O4/c1-27-25(32)21-17-30(20-9-4-3-5-10-20)18-22(24(21)31)26(33)29-14-12-28(13-15-29)16-19-8-6-7-11-23(19)34-2/h6-8,11,17-18,20H,3-5,9-10,12-16H2,1-2H3,(H,27,32). The van der Waals surface area contributed by atoms with Crippen LogP contribution in [0.3, 0.4) is 0 Å². The topological polar surface area (TPSA) is 83.9 Å². The SMILES string of the molecule is CNC(=O)c1cn(C2CCCCC2)cc(C(=O)N2CCN(Cc3ccccc3OC)CC2)c1=O. The van der Waals surface area contributed by atoms with Gasteiger partial charge in [-0.2, -0.15) is 0 Å². The van der Waals surface area contributed by atoms with Crippen LogP contribution in [0.4, 0.5) is 0 Å². The van der Waals surface area contributed by atoms with Crippen LogP contribution in [-0.4, -0.2) is 66.5 Å². The number of ether oxygens (including phenoxy) is 1. The molecule has 1 N–H and O–H groups in total. The van der Waals surface area contributed by atoms with Gasteiger partial charge >= 0.3 is 0 Å². The van der Waals surface area contributed by atoms with Crippen molar-refractivity contribution in [1.82, 2.24) is 19.7 Å². The third-order valence-corrected chi connectivity index (χ3v) is 6.99. The van der Waals surface area contributed by atoms with E-state index >= 15 is 0 Å². The Morgan fingerprint density at radius 3 is 2.35 bits per heavy atom. The second-order valence-electron chi connectivity index (χ2n) is 9.11. The number of rotatable bonds is 6. The quantitative estimate of drug-likeness (QED) is 0.708. The first kappa shape index (κ1) is 24.0. The van der Waals surface area contributed by atoms with Crippen LogP contribution in [0.2, 0.25) is 0 Å². The summed E-state index contributed by atoms with van der Waals surface area (Å²) in [5.74, 6) is 0.110. The molecule has 2 heterocycles. The van der Waals surface area contributed by atoms with Crippen molar-refractivity contribution in [1.29, 1.82) is 0 Å². The number of amides is 2. The van der Waals surface area contributed by atoms with E-state index in [-0.39, 0.29) is 23.1 Å². The minimum absolute atomic E-state index is 0.0359. The molecule has 0 spiro atoms. The number of para-hydroxylation sites is 1. The summed E-state index contributed by atoms with van der Waals surface area (Å²) < 4.78 is 7.38. The Kier molecular flexibility index (Phi) is 7.67. The van der Waals surface area contributed by atoms with E-state index in [2.05, 4.69) is 10.2 Å². The van der Waals surface area contributed by atoms with Crippen LogP contribution < -0.4 is 15.5 Å². The van der Waals surface area contributed by atoms with Gasteiger partial charge in [0.05, 0.1) is 7.11 Å². The van der Waals surface area contributed by atoms with E-state index in [4.69, 9.17) is 4.74 Å². The van der Waals surface area contributed by atoms with Crippen molar-refractivity contribution in [3.8, 4) is 5.75 Å². The average Bonchev–Trinajstić information content (AvgIpc) is 2.89. The second kappa shape index (κ2) is 10.9. The number of nitrogens with one attached hydrogen (secondary N) is 1. The van der Waals surface area contributed by atoms with E-state index in [9.17, 15) is 14.4 Å². The molecule has 1 aliphatic carbocycles. The summed E-state index contributed by atoms with van der Waals surface area (Å²) >= 11 is 0. The number of pyridine rings is 1. The van der Waals surface area contributed by atoms with Crippen molar-refractivity contribution >= 4 is 11.8 Å². The maximum absolute atomic E-state index is 13.4. The Bertz CT molecular complexity index is 1080. The predicted octanol–water partition coefficient (Wildman–Crippen LogP) is 2.68. The molecule has 4 rings (SSSR count). The molecule has 8 nitrogen and oxygen atoms in total. The van der Waals surface area contributed by atoms with Crippen LogP contribution in [0.1, 0.15) is 64.4 Å². The van der Waals surface area contributed by atoms with Gasteiger partial charge in [-0.05, 0) is 18.9 Å². The summed E-state index contributed by atoms with van der Waals surface area (Å²) in [6.07, 6.45) is 8.71. The first-order valence-corrected chi connectivity index (χ1v) is 12.1. The number of piperazine rings is 1. The maximum Gasteiger partial charge on any atom is 0.259 e. The Balaban J connectivity index is 1.51. The molecule has 0 radical (unpaired) electrons. The molecule has 0 unspecified atom stereocenters. The van der Waals surface area contributed by atoms with Crippen molar-refractivity contribution in [2.24, 2.45) is 0 Å². The number of carbonyl (C=O) groups excluding carboxylic acids is 2. The predicted molar refractivity (Wildman–Crippen MR) is 130 cm³/mol. The van der Waals surface area contributed by atoms with Gasteiger partial charge in [-0.3, -0.25) is 19.3 Å². The van der Waals surface area contributed by atoms with Crippen LogP contribution in [0.15, 0.2) is 41.5 Å². The van der Waals surface area contributed by atoms with E-state index in [1.54, 1.807) is 24.4 Å². The first-order valence-electron chi connectivity index (χ1n) is 12.1.